The van der Waals surface area contributed by atoms with Crippen LogP contribution in [0.3, 0.4) is 0 Å². The van der Waals surface area contributed by atoms with Gasteiger partial charge in [0.25, 0.3) is 5.91 Å². The second-order valence-electron chi connectivity index (χ2n) is 5.47. The molecule has 1 amide bonds. The van der Waals surface area contributed by atoms with Gasteiger partial charge in [-0.15, -0.1) is 10.2 Å². The quantitative estimate of drug-likeness (QED) is 0.852. The fourth-order valence-corrected chi connectivity index (χ4v) is 2.65. The predicted molar refractivity (Wildman–Crippen MR) is 87.3 cm³/mol. The minimum Gasteiger partial charge on any atom is -0.383 e. The molecule has 0 radical (unpaired) electrons. The molecule has 2 aromatic rings. The molecule has 0 saturated heterocycles. The second-order valence-corrected chi connectivity index (χ2v) is 5.47. The molecule has 0 unspecified atom stereocenters. The van der Waals surface area contributed by atoms with E-state index in [-0.39, 0.29) is 5.91 Å². The van der Waals surface area contributed by atoms with E-state index in [1.54, 1.807) is 19.2 Å². The first kappa shape index (κ1) is 15.4. The molecule has 0 saturated carbocycles. The van der Waals surface area contributed by atoms with Gasteiger partial charge in [-0.2, -0.15) is 0 Å². The largest absolute Gasteiger partial charge is 0.383 e. The Bertz CT molecular complexity index is 673. The number of anilines is 1. The van der Waals surface area contributed by atoms with E-state index in [9.17, 15) is 4.79 Å². The third-order valence-corrected chi connectivity index (χ3v) is 3.91. The number of carbonyl (C=O) groups is 1. The van der Waals surface area contributed by atoms with Crippen molar-refractivity contribution in [2.75, 3.05) is 32.1 Å². The fraction of sp³-hybridized carbons (Fsp3) is 0.353. The molecule has 3 rings (SSSR count). The summed E-state index contributed by atoms with van der Waals surface area (Å²) in [4.78, 5) is 14.4. The number of hydrogen-bond acceptors (Lipinski definition) is 5. The molecule has 1 aromatic heterocycles. The summed E-state index contributed by atoms with van der Waals surface area (Å²) in [5.41, 5.74) is 2.90. The van der Waals surface area contributed by atoms with Crippen LogP contribution in [-0.4, -0.2) is 47.8 Å². The summed E-state index contributed by atoms with van der Waals surface area (Å²) in [6, 6.07) is 11.7. The Morgan fingerprint density at radius 1 is 1.22 bits per heavy atom. The van der Waals surface area contributed by atoms with Gasteiger partial charge in [-0.05, 0) is 29.7 Å². The van der Waals surface area contributed by atoms with Crippen LogP contribution in [-0.2, 0) is 17.7 Å². The topological polar surface area (TPSA) is 67.3 Å². The van der Waals surface area contributed by atoms with E-state index >= 15 is 0 Å². The number of hydrogen-bond donors (Lipinski definition) is 1. The zero-order valence-corrected chi connectivity index (χ0v) is 13.2. The van der Waals surface area contributed by atoms with Crippen LogP contribution in [0.4, 0.5) is 5.82 Å². The van der Waals surface area contributed by atoms with Gasteiger partial charge in [-0.3, -0.25) is 4.79 Å². The average molecular weight is 312 g/mol. The monoisotopic (exact) mass is 312 g/mol. The van der Waals surface area contributed by atoms with E-state index in [0.717, 1.165) is 6.42 Å². The summed E-state index contributed by atoms with van der Waals surface area (Å²) < 4.78 is 4.96. The molecule has 120 valence electrons. The maximum atomic E-state index is 12.6. The van der Waals surface area contributed by atoms with Crippen LogP contribution < -0.4 is 5.32 Å². The third kappa shape index (κ3) is 3.65. The van der Waals surface area contributed by atoms with Crippen LogP contribution in [0.25, 0.3) is 0 Å². The first-order valence-corrected chi connectivity index (χ1v) is 7.70. The number of methoxy groups -OCH3 is 1. The Morgan fingerprint density at radius 2 is 2.04 bits per heavy atom. The van der Waals surface area contributed by atoms with E-state index in [0.29, 0.717) is 37.8 Å². The molecule has 0 atom stereocenters. The lowest BCUT2D eigenvalue weighted by Gasteiger charge is -2.28. The molecule has 2 heterocycles. The van der Waals surface area contributed by atoms with E-state index in [2.05, 4.69) is 27.6 Å². The molecular formula is C17H20N4O2. The molecule has 0 bridgehead atoms. The van der Waals surface area contributed by atoms with Gasteiger partial charge in [0.05, 0.1) is 6.61 Å². The Hall–Kier alpha value is -2.47. The summed E-state index contributed by atoms with van der Waals surface area (Å²) in [6.45, 7) is 2.59. The van der Waals surface area contributed by atoms with Crippen molar-refractivity contribution in [1.82, 2.24) is 15.1 Å². The highest BCUT2D eigenvalue weighted by Crippen LogP contribution is 2.19. The van der Waals surface area contributed by atoms with Gasteiger partial charge in [-0.1, -0.05) is 24.3 Å². The second kappa shape index (κ2) is 7.19. The Morgan fingerprint density at radius 3 is 2.78 bits per heavy atom. The van der Waals surface area contributed by atoms with Crippen LogP contribution in [0.1, 0.15) is 21.6 Å². The highest BCUT2D eigenvalue weighted by Gasteiger charge is 2.22. The normalized spacial score (nSPS) is 13.5. The first-order valence-electron chi connectivity index (χ1n) is 7.70. The lowest BCUT2D eigenvalue weighted by atomic mass is 10.00. The van der Waals surface area contributed by atoms with Crippen molar-refractivity contribution in [3.8, 4) is 0 Å². The highest BCUT2D eigenvalue weighted by atomic mass is 16.5. The molecule has 0 spiro atoms. The summed E-state index contributed by atoms with van der Waals surface area (Å²) in [5, 5.41) is 11.2. The highest BCUT2D eigenvalue weighted by molar-refractivity contribution is 5.92. The van der Waals surface area contributed by atoms with E-state index < -0.39 is 0 Å². The lowest BCUT2D eigenvalue weighted by Crippen LogP contribution is -2.36. The number of ether oxygens (including phenoxy) is 1. The molecule has 1 aromatic carbocycles. The van der Waals surface area contributed by atoms with Crippen molar-refractivity contribution in [1.29, 1.82) is 0 Å². The zero-order valence-electron chi connectivity index (χ0n) is 13.2. The maximum absolute atomic E-state index is 12.6. The predicted octanol–water partition coefficient (Wildman–Crippen LogP) is 1.73. The number of nitrogens with zero attached hydrogens (tertiary/aromatic N) is 3. The van der Waals surface area contributed by atoms with Crippen LogP contribution in [0, 0.1) is 0 Å². The SMILES string of the molecule is COCCNc1ccc(C(=O)N2CCc3ccccc3C2)nn1. The standard InChI is InChI=1S/C17H20N4O2/c1-23-11-9-18-16-7-6-15(19-20-16)17(22)21-10-8-13-4-2-3-5-14(13)12-21/h2-7H,8-12H2,1H3,(H,18,20). The number of amides is 1. The number of nitrogens with one attached hydrogen (secondary N) is 1. The van der Waals surface area contributed by atoms with Gasteiger partial charge in [0.15, 0.2) is 5.69 Å². The van der Waals surface area contributed by atoms with Crippen LogP contribution >= 0.6 is 0 Å². The number of aromatic nitrogens is 2. The van der Waals surface area contributed by atoms with Crippen LogP contribution in [0.5, 0.6) is 0 Å². The molecule has 1 aliphatic heterocycles. The van der Waals surface area contributed by atoms with Gasteiger partial charge in [0.2, 0.25) is 0 Å². The first-order chi connectivity index (χ1) is 11.3. The van der Waals surface area contributed by atoms with Crippen LogP contribution in [0.2, 0.25) is 0 Å². The average Bonchev–Trinajstić information content (AvgIpc) is 2.61. The minimum absolute atomic E-state index is 0.0737. The Balaban J connectivity index is 1.64. The summed E-state index contributed by atoms with van der Waals surface area (Å²) in [5.74, 6) is 0.568. The lowest BCUT2D eigenvalue weighted by molar-refractivity contribution is 0.0727. The van der Waals surface area contributed by atoms with E-state index in [1.807, 2.05) is 17.0 Å². The molecule has 1 N–H and O–H groups in total. The summed E-state index contributed by atoms with van der Waals surface area (Å²) >= 11 is 0. The number of rotatable bonds is 5. The van der Waals surface area contributed by atoms with Gasteiger partial charge < -0.3 is 15.0 Å². The number of benzene rings is 1. The number of carbonyl (C=O) groups excluding carboxylic acids is 1. The maximum Gasteiger partial charge on any atom is 0.274 e. The van der Waals surface area contributed by atoms with Gasteiger partial charge in [0.1, 0.15) is 5.82 Å². The van der Waals surface area contributed by atoms with Crippen molar-refractivity contribution in [3.05, 3.63) is 53.2 Å². The zero-order chi connectivity index (χ0) is 16.1. The number of fused-ring (bicyclic) bond motifs is 1. The van der Waals surface area contributed by atoms with Crippen molar-refractivity contribution in [2.45, 2.75) is 13.0 Å². The Kier molecular flexibility index (Phi) is 4.83. The molecule has 6 nitrogen and oxygen atoms in total. The van der Waals surface area contributed by atoms with Gasteiger partial charge >= 0.3 is 0 Å². The van der Waals surface area contributed by atoms with Crippen molar-refractivity contribution in [2.24, 2.45) is 0 Å². The van der Waals surface area contributed by atoms with Gasteiger partial charge in [0, 0.05) is 26.7 Å². The molecule has 23 heavy (non-hydrogen) atoms. The minimum atomic E-state index is -0.0737. The summed E-state index contributed by atoms with van der Waals surface area (Å²) in [6.07, 6.45) is 0.881. The third-order valence-electron chi connectivity index (χ3n) is 3.91. The molecule has 6 heteroatoms. The molecular weight excluding hydrogens is 292 g/mol. The van der Waals surface area contributed by atoms with E-state index in [1.165, 1.54) is 11.1 Å². The van der Waals surface area contributed by atoms with Crippen molar-refractivity contribution in [3.63, 3.8) is 0 Å². The van der Waals surface area contributed by atoms with Gasteiger partial charge in [-0.25, -0.2) is 0 Å². The molecule has 0 fully saturated rings. The van der Waals surface area contributed by atoms with E-state index in [4.69, 9.17) is 4.74 Å². The smallest absolute Gasteiger partial charge is 0.274 e. The molecule has 0 aliphatic carbocycles. The Labute approximate surface area is 135 Å². The van der Waals surface area contributed by atoms with Crippen molar-refractivity contribution < 1.29 is 9.53 Å². The summed E-state index contributed by atoms with van der Waals surface area (Å²) in [7, 11) is 1.64. The van der Waals surface area contributed by atoms with Crippen LogP contribution in [0.15, 0.2) is 36.4 Å². The molecule has 1 aliphatic rings. The fourth-order valence-electron chi connectivity index (χ4n) is 2.65. The van der Waals surface area contributed by atoms with Crippen molar-refractivity contribution >= 4 is 11.7 Å².